The molecule has 0 saturated carbocycles. The van der Waals surface area contributed by atoms with E-state index >= 15 is 0 Å². The molecule has 1 aromatic carbocycles. The van der Waals surface area contributed by atoms with Gasteiger partial charge in [-0.3, -0.25) is 4.79 Å². The number of amides is 1. The maximum absolute atomic E-state index is 13.3. The summed E-state index contributed by atoms with van der Waals surface area (Å²) in [6.45, 7) is 0.408. The van der Waals surface area contributed by atoms with Crippen molar-refractivity contribution in [1.82, 2.24) is 20.1 Å². The number of halogens is 1. The maximum Gasteiger partial charge on any atom is 0.241 e. The van der Waals surface area contributed by atoms with E-state index in [1.54, 1.807) is 18.2 Å². The molecule has 1 amide bonds. The van der Waals surface area contributed by atoms with Crippen LogP contribution in [0.5, 0.6) is 0 Å². The number of carbonyl (C=O) groups is 1. The van der Waals surface area contributed by atoms with Crippen LogP contribution in [-0.4, -0.2) is 27.2 Å². The van der Waals surface area contributed by atoms with Gasteiger partial charge >= 0.3 is 0 Å². The van der Waals surface area contributed by atoms with Gasteiger partial charge in [0.25, 0.3) is 0 Å². The van der Waals surface area contributed by atoms with Crippen LogP contribution in [0.1, 0.15) is 5.56 Å². The predicted molar refractivity (Wildman–Crippen MR) is 67.5 cm³/mol. The first-order chi connectivity index (χ1) is 9.15. The fourth-order valence-corrected chi connectivity index (χ4v) is 1.63. The molecule has 19 heavy (non-hydrogen) atoms. The van der Waals surface area contributed by atoms with Crippen molar-refractivity contribution in [2.45, 2.75) is 13.0 Å². The Kier molecular flexibility index (Phi) is 4.07. The Morgan fingerprint density at radius 2 is 2.21 bits per heavy atom. The monoisotopic (exact) mass is 263 g/mol. The zero-order valence-electron chi connectivity index (χ0n) is 10.2. The highest BCUT2D eigenvalue weighted by atomic mass is 19.1. The molecule has 1 aromatic heterocycles. The molecule has 100 valence electrons. The number of anilines is 1. The van der Waals surface area contributed by atoms with E-state index in [0.717, 1.165) is 0 Å². The Labute approximate surface area is 109 Å². The van der Waals surface area contributed by atoms with Gasteiger partial charge in [-0.25, -0.2) is 14.1 Å². The molecule has 7 heteroatoms. The minimum Gasteiger partial charge on any atom is -0.367 e. The highest BCUT2D eigenvalue weighted by Crippen LogP contribution is 2.06. The number of nitrogens with one attached hydrogen (secondary N) is 1. The van der Waals surface area contributed by atoms with Gasteiger partial charge in [0, 0.05) is 6.54 Å². The molecule has 2 rings (SSSR count). The number of rotatable bonds is 5. The van der Waals surface area contributed by atoms with E-state index in [1.807, 2.05) is 0 Å². The van der Waals surface area contributed by atoms with Crippen molar-refractivity contribution >= 4 is 11.9 Å². The molecule has 0 spiro atoms. The Bertz CT molecular complexity index is 569. The second-order valence-corrected chi connectivity index (χ2v) is 3.99. The van der Waals surface area contributed by atoms with E-state index in [2.05, 4.69) is 15.4 Å². The summed E-state index contributed by atoms with van der Waals surface area (Å²) in [7, 11) is 0. The number of nitrogen functional groups attached to an aromatic ring is 1. The van der Waals surface area contributed by atoms with Crippen molar-refractivity contribution in [3.8, 4) is 0 Å². The summed E-state index contributed by atoms with van der Waals surface area (Å²) in [5, 5.41) is 6.47. The third-order valence-electron chi connectivity index (χ3n) is 2.53. The predicted octanol–water partition coefficient (Wildman–Crippen LogP) is 0.358. The van der Waals surface area contributed by atoms with Gasteiger partial charge < -0.3 is 11.1 Å². The summed E-state index contributed by atoms with van der Waals surface area (Å²) in [6.07, 6.45) is 1.82. The van der Waals surface area contributed by atoms with Crippen molar-refractivity contribution in [2.75, 3.05) is 12.3 Å². The number of aromatic nitrogens is 3. The number of nitrogens with zero attached hydrogens (tertiary/aromatic N) is 3. The molecule has 0 aliphatic rings. The largest absolute Gasteiger partial charge is 0.367 e. The summed E-state index contributed by atoms with van der Waals surface area (Å²) in [5.41, 5.74) is 5.91. The molecule has 2 aromatic rings. The molecular weight excluding hydrogens is 249 g/mol. The molecule has 0 fully saturated rings. The number of nitrogens with two attached hydrogens (primary N) is 1. The molecular formula is C12H14FN5O. The highest BCUT2D eigenvalue weighted by molar-refractivity contribution is 5.75. The zero-order valence-corrected chi connectivity index (χ0v) is 10.2. The molecule has 3 N–H and O–H groups in total. The Hall–Kier alpha value is -2.44. The Morgan fingerprint density at radius 3 is 2.89 bits per heavy atom. The lowest BCUT2D eigenvalue weighted by Crippen LogP contribution is -2.29. The lowest BCUT2D eigenvalue weighted by molar-refractivity contribution is -0.121. The third-order valence-corrected chi connectivity index (χ3v) is 2.53. The molecule has 0 aliphatic heterocycles. The van der Waals surface area contributed by atoms with Crippen molar-refractivity contribution in [3.05, 3.63) is 42.0 Å². The van der Waals surface area contributed by atoms with Crippen molar-refractivity contribution in [2.24, 2.45) is 0 Å². The summed E-state index contributed by atoms with van der Waals surface area (Å²) in [5.74, 6) is -0.360. The van der Waals surface area contributed by atoms with Crippen LogP contribution in [0.25, 0.3) is 0 Å². The van der Waals surface area contributed by atoms with Gasteiger partial charge in [0.05, 0.1) is 0 Å². The Morgan fingerprint density at radius 1 is 1.42 bits per heavy atom. The maximum atomic E-state index is 13.3. The van der Waals surface area contributed by atoms with Gasteiger partial charge in [-0.15, -0.1) is 5.10 Å². The van der Waals surface area contributed by atoms with Crippen LogP contribution in [0.15, 0.2) is 30.6 Å². The molecule has 0 radical (unpaired) electrons. The first-order valence-electron chi connectivity index (χ1n) is 5.80. The van der Waals surface area contributed by atoms with Gasteiger partial charge in [0.1, 0.15) is 18.7 Å². The van der Waals surface area contributed by atoms with E-state index in [1.165, 1.54) is 17.1 Å². The molecule has 0 bridgehead atoms. The van der Waals surface area contributed by atoms with E-state index < -0.39 is 0 Å². The average Bonchev–Trinajstić information content (AvgIpc) is 2.77. The van der Waals surface area contributed by atoms with Crippen LogP contribution in [0, 0.1) is 5.82 Å². The number of benzene rings is 1. The van der Waals surface area contributed by atoms with Crippen LogP contribution in [-0.2, 0) is 17.8 Å². The van der Waals surface area contributed by atoms with E-state index in [-0.39, 0.29) is 24.2 Å². The summed E-state index contributed by atoms with van der Waals surface area (Å²) in [6, 6.07) is 6.49. The van der Waals surface area contributed by atoms with Crippen LogP contribution < -0.4 is 11.1 Å². The first-order valence-corrected chi connectivity index (χ1v) is 5.80. The molecule has 0 unspecified atom stereocenters. The normalized spacial score (nSPS) is 10.4. The van der Waals surface area contributed by atoms with Crippen molar-refractivity contribution < 1.29 is 9.18 Å². The smallest absolute Gasteiger partial charge is 0.241 e. The summed E-state index contributed by atoms with van der Waals surface area (Å²) >= 11 is 0. The van der Waals surface area contributed by atoms with Crippen LogP contribution in [0.3, 0.4) is 0 Å². The molecule has 0 aliphatic carbocycles. The standard InChI is InChI=1S/C12H14FN5O/c13-10-4-2-1-3-9(10)5-6-15-11(19)7-18-8-16-12(14)17-18/h1-4,8H,5-7H2,(H2,14,17)(H,15,19). The minimum absolute atomic E-state index is 0.0431. The topological polar surface area (TPSA) is 85.8 Å². The van der Waals surface area contributed by atoms with Crippen LogP contribution in [0.4, 0.5) is 10.3 Å². The summed E-state index contributed by atoms with van der Waals surface area (Å²) < 4.78 is 14.7. The molecule has 0 saturated heterocycles. The van der Waals surface area contributed by atoms with Gasteiger partial charge in [-0.2, -0.15) is 0 Å². The quantitative estimate of drug-likeness (QED) is 0.815. The highest BCUT2D eigenvalue weighted by Gasteiger charge is 2.05. The lowest BCUT2D eigenvalue weighted by atomic mass is 10.1. The van der Waals surface area contributed by atoms with E-state index in [0.29, 0.717) is 18.5 Å². The zero-order chi connectivity index (χ0) is 13.7. The fourth-order valence-electron chi connectivity index (χ4n) is 1.63. The Balaban J connectivity index is 1.77. The van der Waals surface area contributed by atoms with Gasteiger partial charge in [0.2, 0.25) is 11.9 Å². The second kappa shape index (κ2) is 5.94. The summed E-state index contributed by atoms with van der Waals surface area (Å²) in [4.78, 5) is 15.3. The minimum atomic E-state index is -0.263. The van der Waals surface area contributed by atoms with Crippen LogP contribution in [0.2, 0.25) is 0 Å². The molecule has 6 nitrogen and oxygen atoms in total. The van der Waals surface area contributed by atoms with Gasteiger partial charge in [0.15, 0.2) is 0 Å². The first kappa shape index (κ1) is 13.0. The fraction of sp³-hybridized carbons (Fsp3) is 0.250. The number of hydrogen-bond acceptors (Lipinski definition) is 4. The molecule has 1 heterocycles. The third kappa shape index (κ3) is 3.77. The van der Waals surface area contributed by atoms with E-state index in [9.17, 15) is 9.18 Å². The SMILES string of the molecule is Nc1ncn(CC(=O)NCCc2ccccc2F)n1. The van der Waals surface area contributed by atoms with Gasteiger partial charge in [-0.05, 0) is 18.1 Å². The van der Waals surface area contributed by atoms with Crippen molar-refractivity contribution in [3.63, 3.8) is 0 Å². The lowest BCUT2D eigenvalue weighted by Gasteiger charge is -2.05. The van der Waals surface area contributed by atoms with Crippen LogP contribution >= 0.6 is 0 Å². The number of carbonyl (C=O) groups excluding carboxylic acids is 1. The van der Waals surface area contributed by atoms with Gasteiger partial charge in [-0.1, -0.05) is 18.2 Å². The molecule has 0 atom stereocenters. The van der Waals surface area contributed by atoms with E-state index in [4.69, 9.17) is 5.73 Å². The van der Waals surface area contributed by atoms with Crippen molar-refractivity contribution in [1.29, 1.82) is 0 Å². The second-order valence-electron chi connectivity index (χ2n) is 3.99. The average molecular weight is 263 g/mol. The number of hydrogen-bond donors (Lipinski definition) is 2.